The van der Waals surface area contributed by atoms with Crippen LogP contribution < -0.4 is 11.1 Å². The van der Waals surface area contributed by atoms with Gasteiger partial charge in [0.1, 0.15) is 5.60 Å². The van der Waals surface area contributed by atoms with Crippen LogP contribution in [-0.2, 0) is 11.0 Å². The maximum Gasteiger partial charge on any atom is 0.417 e. The van der Waals surface area contributed by atoms with Gasteiger partial charge in [-0.1, -0.05) is 6.07 Å². The average molecular weight is 395 g/mol. The maximum atomic E-state index is 13.0. The normalized spacial score (nSPS) is 13.5. The van der Waals surface area contributed by atoms with Crippen molar-refractivity contribution >= 4 is 29.0 Å². The molecular formula is C18H16F3N3O2S. The summed E-state index contributed by atoms with van der Waals surface area (Å²) in [6.07, 6.45) is -4.74. The molecule has 4 N–H and O–H groups in total. The Morgan fingerprint density at radius 3 is 2.59 bits per heavy atom. The molecule has 5 nitrogen and oxygen atoms in total. The number of thioether (sulfide) groups is 1. The van der Waals surface area contributed by atoms with Gasteiger partial charge in [0.05, 0.1) is 17.2 Å². The Morgan fingerprint density at radius 1 is 1.30 bits per heavy atom. The summed E-state index contributed by atoms with van der Waals surface area (Å²) >= 11 is 1.18. The molecule has 2 aromatic carbocycles. The van der Waals surface area contributed by atoms with Crippen molar-refractivity contribution in [1.82, 2.24) is 0 Å². The van der Waals surface area contributed by atoms with Crippen LogP contribution in [0.5, 0.6) is 0 Å². The third kappa shape index (κ3) is 5.39. The van der Waals surface area contributed by atoms with E-state index < -0.39 is 28.8 Å². The lowest BCUT2D eigenvalue weighted by molar-refractivity contribution is -0.137. The Labute approximate surface area is 158 Å². The molecule has 0 saturated carbocycles. The van der Waals surface area contributed by atoms with E-state index in [-0.39, 0.29) is 11.4 Å². The molecule has 0 unspecified atom stereocenters. The molecule has 2 aromatic rings. The number of nitrogen functional groups attached to an aromatic ring is 1. The lowest BCUT2D eigenvalue weighted by Gasteiger charge is -2.22. The predicted octanol–water partition coefficient (Wildman–Crippen LogP) is 3.64. The van der Waals surface area contributed by atoms with Crippen molar-refractivity contribution in [2.45, 2.75) is 23.6 Å². The Morgan fingerprint density at radius 2 is 2.00 bits per heavy atom. The molecule has 0 spiro atoms. The average Bonchev–Trinajstić information content (AvgIpc) is 2.59. The van der Waals surface area contributed by atoms with Crippen LogP contribution in [0.25, 0.3) is 0 Å². The van der Waals surface area contributed by atoms with Gasteiger partial charge in [-0.15, -0.1) is 11.8 Å². The van der Waals surface area contributed by atoms with E-state index in [4.69, 9.17) is 11.0 Å². The molecule has 0 radical (unpaired) electrons. The van der Waals surface area contributed by atoms with E-state index in [9.17, 15) is 23.1 Å². The standard InChI is InChI=1S/C18H16F3N3O2S/c1-17(26,10-27-14-4-2-3-12(23)7-14)16(25)24-13-6-5-11(9-22)15(8-13)18(19,20)21/h2-8,26H,10,23H2,1H3,(H,24,25)/t17-/m0/s1. The van der Waals surface area contributed by atoms with E-state index in [1.54, 1.807) is 24.3 Å². The van der Waals surface area contributed by atoms with Gasteiger partial charge in [-0.2, -0.15) is 18.4 Å². The maximum absolute atomic E-state index is 13.0. The first-order chi connectivity index (χ1) is 12.5. The summed E-state index contributed by atoms with van der Waals surface area (Å²) in [5.41, 5.74) is 2.47. The fraction of sp³-hybridized carbons (Fsp3) is 0.222. The number of rotatable bonds is 5. The summed E-state index contributed by atoms with van der Waals surface area (Å²) in [5.74, 6) is -0.901. The molecule has 1 atom stereocenters. The molecule has 2 rings (SSSR count). The quantitative estimate of drug-likeness (QED) is 0.530. The molecule has 0 heterocycles. The van der Waals surface area contributed by atoms with Crippen molar-refractivity contribution < 1.29 is 23.1 Å². The van der Waals surface area contributed by atoms with Gasteiger partial charge >= 0.3 is 6.18 Å². The number of hydrogen-bond donors (Lipinski definition) is 3. The summed E-state index contributed by atoms with van der Waals surface area (Å²) in [5, 5.41) is 21.4. The van der Waals surface area contributed by atoms with Gasteiger partial charge in [0.25, 0.3) is 5.91 Å². The van der Waals surface area contributed by atoms with Crippen molar-refractivity contribution in [3.8, 4) is 6.07 Å². The fourth-order valence-corrected chi connectivity index (χ4v) is 3.09. The zero-order chi connectivity index (χ0) is 20.2. The van der Waals surface area contributed by atoms with E-state index in [2.05, 4.69) is 5.32 Å². The minimum absolute atomic E-state index is 0.0370. The van der Waals surface area contributed by atoms with Crippen LogP contribution in [-0.4, -0.2) is 22.4 Å². The number of alkyl halides is 3. The monoisotopic (exact) mass is 395 g/mol. The van der Waals surface area contributed by atoms with Crippen LogP contribution in [0.4, 0.5) is 24.5 Å². The number of nitrogens with one attached hydrogen (secondary N) is 1. The third-order valence-electron chi connectivity index (χ3n) is 3.57. The van der Waals surface area contributed by atoms with Crippen molar-refractivity contribution in [1.29, 1.82) is 5.26 Å². The minimum Gasteiger partial charge on any atom is -0.399 e. The van der Waals surface area contributed by atoms with E-state index in [1.165, 1.54) is 30.8 Å². The second-order valence-electron chi connectivity index (χ2n) is 5.96. The summed E-state index contributed by atoms with van der Waals surface area (Å²) in [6, 6.07) is 11.1. The predicted molar refractivity (Wildman–Crippen MR) is 97.0 cm³/mol. The van der Waals surface area contributed by atoms with Crippen molar-refractivity contribution in [3.63, 3.8) is 0 Å². The molecule has 0 aliphatic carbocycles. The van der Waals surface area contributed by atoms with Crippen LogP contribution >= 0.6 is 11.8 Å². The van der Waals surface area contributed by atoms with Crippen LogP contribution in [0, 0.1) is 11.3 Å². The number of nitrogens with zero attached hydrogens (tertiary/aromatic N) is 1. The summed E-state index contributed by atoms with van der Waals surface area (Å²) < 4.78 is 39.0. The van der Waals surface area contributed by atoms with Gasteiger partial charge in [-0.05, 0) is 43.3 Å². The summed E-state index contributed by atoms with van der Waals surface area (Å²) in [6.45, 7) is 1.26. The second-order valence-corrected chi connectivity index (χ2v) is 7.01. The van der Waals surface area contributed by atoms with Gasteiger partial charge in [0, 0.05) is 22.0 Å². The summed E-state index contributed by atoms with van der Waals surface area (Å²) in [4.78, 5) is 13.0. The van der Waals surface area contributed by atoms with Crippen molar-refractivity contribution in [2.75, 3.05) is 16.8 Å². The highest BCUT2D eigenvalue weighted by Gasteiger charge is 2.35. The lowest BCUT2D eigenvalue weighted by Crippen LogP contribution is -2.42. The molecule has 0 bridgehead atoms. The Kier molecular flexibility index (Phi) is 6.03. The molecule has 142 valence electrons. The number of anilines is 2. The molecule has 1 amide bonds. The van der Waals surface area contributed by atoms with Crippen LogP contribution in [0.15, 0.2) is 47.4 Å². The molecule has 0 aliphatic heterocycles. The van der Waals surface area contributed by atoms with Crippen molar-refractivity contribution in [3.05, 3.63) is 53.6 Å². The van der Waals surface area contributed by atoms with E-state index in [0.717, 1.165) is 11.0 Å². The number of benzene rings is 2. The van der Waals surface area contributed by atoms with Crippen LogP contribution in [0.3, 0.4) is 0 Å². The van der Waals surface area contributed by atoms with Gasteiger partial charge < -0.3 is 16.2 Å². The lowest BCUT2D eigenvalue weighted by atomic mass is 10.1. The Balaban J connectivity index is 2.12. The Bertz CT molecular complexity index is 892. The molecule has 9 heteroatoms. The highest BCUT2D eigenvalue weighted by atomic mass is 32.2. The molecule has 0 fully saturated rings. The highest BCUT2D eigenvalue weighted by molar-refractivity contribution is 7.99. The van der Waals surface area contributed by atoms with Gasteiger partial charge in [-0.3, -0.25) is 4.79 Å². The van der Waals surface area contributed by atoms with E-state index in [1.807, 2.05) is 0 Å². The van der Waals surface area contributed by atoms with Crippen molar-refractivity contribution in [2.24, 2.45) is 0 Å². The van der Waals surface area contributed by atoms with Gasteiger partial charge in [0.2, 0.25) is 0 Å². The number of nitrogens with two attached hydrogens (primary N) is 1. The highest BCUT2D eigenvalue weighted by Crippen LogP contribution is 2.34. The zero-order valence-electron chi connectivity index (χ0n) is 14.2. The number of carbonyl (C=O) groups excluding carboxylic acids is 1. The first-order valence-corrected chi connectivity index (χ1v) is 8.65. The number of amides is 1. The summed E-state index contributed by atoms with van der Waals surface area (Å²) in [7, 11) is 0. The third-order valence-corrected chi connectivity index (χ3v) is 4.86. The number of nitriles is 1. The van der Waals surface area contributed by atoms with Crippen LogP contribution in [0.2, 0.25) is 0 Å². The van der Waals surface area contributed by atoms with Crippen LogP contribution in [0.1, 0.15) is 18.1 Å². The smallest absolute Gasteiger partial charge is 0.399 e. The van der Waals surface area contributed by atoms with Gasteiger partial charge in [0.15, 0.2) is 0 Å². The number of carbonyl (C=O) groups is 1. The Hall–Kier alpha value is -2.70. The molecular weight excluding hydrogens is 379 g/mol. The first kappa shape index (κ1) is 20.6. The molecule has 27 heavy (non-hydrogen) atoms. The van der Waals surface area contributed by atoms with E-state index >= 15 is 0 Å². The first-order valence-electron chi connectivity index (χ1n) is 7.66. The second kappa shape index (κ2) is 7.90. The SMILES string of the molecule is C[C@](O)(CSc1cccc(N)c1)C(=O)Nc1ccc(C#N)c(C(F)(F)F)c1. The molecule has 0 aromatic heterocycles. The van der Waals surface area contributed by atoms with E-state index in [0.29, 0.717) is 11.8 Å². The number of halogens is 3. The van der Waals surface area contributed by atoms with Gasteiger partial charge in [-0.25, -0.2) is 0 Å². The number of aliphatic hydroxyl groups is 1. The minimum atomic E-state index is -4.74. The molecule has 0 aliphatic rings. The zero-order valence-corrected chi connectivity index (χ0v) is 15.0. The number of hydrogen-bond acceptors (Lipinski definition) is 5. The largest absolute Gasteiger partial charge is 0.417 e. The fourth-order valence-electron chi connectivity index (χ4n) is 2.11. The topological polar surface area (TPSA) is 99.1 Å². The molecule has 0 saturated heterocycles.